The summed E-state index contributed by atoms with van der Waals surface area (Å²) >= 11 is 0. The van der Waals surface area contributed by atoms with Gasteiger partial charge in [-0.2, -0.15) is 0 Å². The monoisotopic (exact) mass is 612 g/mol. The average molecular weight is 613 g/mol. The molecule has 0 aliphatic heterocycles. The molecule has 4 aliphatic carbocycles. The molecule has 0 spiro atoms. The average Bonchev–Trinajstić information content (AvgIpc) is 3.31. The van der Waals surface area contributed by atoms with Crippen LogP contribution < -0.4 is 5.43 Å². The zero-order valence-electron chi connectivity index (χ0n) is 28.5. The normalized spacial score (nSPS) is 32.6. The van der Waals surface area contributed by atoms with Crippen LogP contribution in [-0.4, -0.2) is 48.5 Å². The Balaban J connectivity index is 1.78. The number of amides is 2. The van der Waals surface area contributed by atoms with Crippen LogP contribution in [0.4, 0.5) is 9.59 Å². The number of fused-ring (bicyclic) bond motifs is 4. The predicted octanol–water partition coefficient (Wildman–Crippen LogP) is 8.14. The van der Waals surface area contributed by atoms with E-state index in [0.717, 1.165) is 44.1 Å². The van der Waals surface area contributed by atoms with Crippen LogP contribution in [0.25, 0.3) is 0 Å². The molecule has 0 unspecified atom stereocenters. The van der Waals surface area contributed by atoms with Crippen LogP contribution in [-0.2, 0) is 19.0 Å². The highest BCUT2D eigenvalue weighted by Crippen LogP contribution is 2.65. The second-order valence-corrected chi connectivity index (χ2v) is 14.4. The molecule has 8 nitrogen and oxygen atoms in total. The van der Waals surface area contributed by atoms with Gasteiger partial charge in [-0.05, 0) is 93.0 Å². The van der Waals surface area contributed by atoms with Crippen molar-refractivity contribution in [1.29, 1.82) is 0 Å². The molecular weight excluding hydrogens is 556 g/mol. The maximum Gasteiger partial charge on any atom is 0.429 e. The number of hydrogen-bond acceptors (Lipinski definition) is 6. The number of carbonyl (C=O) groups is 3. The molecule has 246 valence electrons. The minimum atomic E-state index is -0.684. The minimum Gasteiger partial charge on any atom is -0.462 e. The van der Waals surface area contributed by atoms with Gasteiger partial charge < -0.3 is 14.2 Å². The highest BCUT2D eigenvalue weighted by Gasteiger charge is 2.57. The van der Waals surface area contributed by atoms with Crippen molar-refractivity contribution in [2.75, 3.05) is 13.2 Å². The van der Waals surface area contributed by atoms with E-state index in [1.807, 2.05) is 0 Å². The number of nitrogens with zero attached hydrogens (tertiary/aromatic N) is 1. The zero-order chi connectivity index (χ0) is 32.4. The second-order valence-electron chi connectivity index (χ2n) is 14.4. The number of ether oxygens (including phenoxy) is 3. The summed E-state index contributed by atoms with van der Waals surface area (Å²) in [5.74, 6) is 2.08. The van der Waals surface area contributed by atoms with Crippen molar-refractivity contribution >= 4 is 18.2 Å². The van der Waals surface area contributed by atoms with Crippen molar-refractivity contribution in [3.05, 3.63) is 34.9 Å². The van der Waals surface area contributed by atoms with Gasteiger partial charge in [0, 0.05) is 18.8 Å². The van der Waals surface area contributed by atoms with E-state index in [1.165, 1.54) is 23.1 Å². The molecule has 8 heteroatoms. The van der Waals surface area contributed by atoms with Crippen molar-refractivity contribution in [3.8, 4) is 0 Å². The summed E-state index contributed by atoms with van der Waals surface area (Å²) in [6.45, 7) is 19.3. The topological polar surface area (TPSA) is 94.2 Å². The largest absolute Gasteiger partial charge is 0.462 e. The Labute approximate surface area is 265 Å². The smallest absolute Gasteiger partial charge is 0.429 e. The molecule has 0 radical (unpaired) electrons. The summed E-state index contributed by atoms with van der Waals surface area (Å²) < 4.78 is 16.4. The lowest BCUT2D eigenvalue weighted by atomic mass is 9.52. The standard InChI is InChI=1S/C36H56N2O6/c1-10-42-33(40)37-38(34(41)43-11-2)31-21-26-20-27(44-25(7)39)16-18-35(26,8)30-17-19-36(9)28(14-15-29(36)32(30)31)24(6)13-12-23(5)22(3)4/h12-13,21-24,27-29,31H,10-11,14-20H2,1-9H3,(H,37,40)/b13-12+/t23-,24+,27-,28+,29-,31+,35-,36+/m0/s1. The van der Waals surface area contributed by atoms with Crippen LogP contribution in [0.3, 0.4) is 0 Å². The van der Waals surface area contributed by atoms with Crippen molar-refractivity contribution in [2.24, 2.45) is 40.4 Å². The highest BCUT2D eigenvalue weighted by molar-refractivity contribution is 5.75. The van der Waals surface area contributed by atoms with Crippen LogP contribution in [0.2, 0.25) is 0 Å². The molecule has 44 heavy (non-hydrogen) atoms. The third-order valence-electron chi connectivity index (χ3n) is 11.5. The van der Waals surface area contributed by atoms with E-state index in [4.69, 9.17) is 14.2 Å². The number of allylic oxidation sites excluding steroid dienone is 3. The molecule has 2 amide bonds. The summed E-state index contributed by atoms with van der Waals surface area (Å²) in [5, 5.41) is 1.35. The number of hydrazine groups is 1. The third-order valence-corrected chi connectivity index (χ3v) is 11.5. The first-order chi connectivity index (χ1) is 20.8. The Hall–Kier alpha value is -2.77. The molecule has 1 N–H and O–H groups in total. The first kappa shape index (κ1) is 34.1. The third kappa shape index (κ3) is 6.60. The Morgan fingerprint density at radius 1 is 1.02 bits per heavy atom. The molecule has 2 fully saturated rings. The molecule has 0 aromatic rings. The number of hydrogen-bond donors (Lipinski definition) is 1. The molecule has 4 aliphatic rings. The summed E-state index contributed by atoms with van der Waals surface area (Å²) in [7, 11) is 0. The van der Waals surface area contributed by atoms with Gasteiger partial charge in [-0.3, -0.25) is 4.79 Å². The van der Waals surface area contributed by atoms with Crippen LogP contribution in [0.5, 0.6) is 0 Å². The van der Waals surface area contributed by atoms with Gasteiger partial charge in [-0.1, -0.05) is 70.9 Å². The van der Waals surface area contributed by atoms with Crippen molar-refractivity contribution in [1.82, 2.24) is 10.4 Å². The van der Waals surface area contributed by atoms with Gasteiger partial charge in [0.2, 0.25) is 0 Å². The Morgan fingerprint density at radius 2 is 1.73 bits per heavy atom. The second kappa shape index (κ2) is 13.7. The zero-order valence-corrected chi connectivity index (χ0v) is 28.5. The Kier molecular flexibility index (Phi) is 10.6. The molecule has 2 saturated carbocycles. The highest BCUT2D eigenvalue weighted by atomic mass is 16.6. The SMILES string of the molecule is CCOC(=O)NN(C(=O)OCC)[C@@H]1C=C2C[C@@H](OC(C)=O)CC[C@]2(C)C2=C1[C@@H]1CC[C@H]([C@H](C)/C=C/[C@H](C)C(C)C)[C@@]1(C)CC2. The van der Waals surface area contributed by atoms with Gasteiger partial charge in [-0.15, -0.1) is 0 Å². The lowest BCUT2D eigenvalue weighted by molar-refractivity contribution is -0.147. The quantitative estimate of drug-likeness (QED) is 0.129. The van der Waals surface area contributed by atoms with Gasteiger partial charge in [0.1, 0.15) is 6.10 Å². The molecule has 4 rings (SSSR count). The van der Waals surface area contributed by atoms with Crippen LogP contribution in [0, 0.1) is 40.4 Å². The molecule has 0 saturated heterocycles. The van der Waals surface area contributed by atoms with E-state index < -0.39 is 18.2 Å². The first-order valence-corrected chi connectivity index (χ1v) is 17.0. The van der Waals surface area contributed by atoms with Gasteiger partial charge in [0.05, 0.1) is 19.3 Å². The van der Waals surface area contributed by atoms with E-state index in [2.05, 4.69) is 65.2 Å². The lowest BCUT2D eigenvalue weighted by Gasteiger charge is -2.54. The summed E-state index contributed by atoms with van der Waals surface area (Å²) in [5.41, 5.74) is 6.44. The van der Waals surface area contributed by atoms with Gasteiger partial charge in [0.25, 0.3) is 0 Å². The van der Waals surface area contributed by atoms with E-state index in [1.54, 1.807) is 13.8 Å². The number of rotatable bonds is 8. The minimum absolute atomic E-state index is 0.0583. The summed E-state index contributed by atoms with van der Waals surface area (Å²) in [4.78, 5) is 38.2. The van der Waals surface area contributed by atoms with Crippen molar-refractivity contribution < 1.29 is 28.6 Å². The number of nitrogens with one attached hydrogen (secondary N) is 1. The van der Waals surface area contributed by atoms with Crippen molar-refractivity contribution in [2.45, 2.75) is 119 Å². The van der Waals surface area contributed by atoms with Crippen LogP contribution in [0.15, 0.2) is 34.9 Å². The fourth-order valence-electron chi connectivity index (χ4n) is 8.73. The maximum atomic E-state index is 13.6. The molecule has 8 atom stereocenters. The van der Waals surface area contributed by atoms with Crippen molar-refractivity contribution in [3.63, 3.8) is 0 Å². The summed E-state index contributed by atoms with van der Waals surface area (Å²) in [6, 6.07) is -0.511. The van der Waals surface area contributed by atoms with E-state index in [9.17, 15) is 14.4 Å². The van der Waals surface area contributed by atoms with Gasteiger partial charge >= 0.3 is 18.2 Å². The fourth-order valence-corrected chi connectivity index (χ4v) is 8.73. The predicted molar refractivity (Wildman–Crippen MR) is 171 cm³/mol. The molecule has 0 heterocycles. The van der Waals surface area contributed by atoms with E-state index >= 15 is 0 Å². The molecule has 0 aromatic carbocycles. The number of esters is 1. The first-order valence-electron chi connectivity index (χ1n) is 17.0. The van der Waals surface area contributed by atoms with Crippen LogP contribution >= 0.6 is 0 Å². The fraction of sp³-hybridized carbons (Fsp3) is 0.750. The Morgan fingerprint density at radius 3 is 2.36 bits per heavy atom. The van der Waals surface area contributed by atoms with E-state index in [0.29, 0.717) is 30.1 Å². The van der Waals surface area contributed by atoms with Gasteiger partial charge in [0.15, 0.2) is 0 Å². The lowest BCUT2D eigenvalue weighted by Crippen LogP contribution is -2.56. The number of carbonyl (C=O) groups excluding carboxylic acids is 3. The van der Waals surface area contributed by atoms with Crippen LogP contribution in [0.1, 0.15) is 107 Å². The maximum absolute atomic E-state index is 13.6. The summed E-state index contributed by atoms with van der Waals surface area (Å²) in [6.07, 6.45) is 12.0. The van der Waals surface area contributed by atoms with E-state index in [-0.39, 0.29) is 42.0 Å². The molecule has 0 aromatic heterocycles. The molecular formula is C36H56N2O6. The molecule has 0 bridgehead atoms. The van der Waals surface area contributed by atoms with Gasteiger partial charge in [-0.25, -0.2) is 20.0 Å². The Bertz CT molecular complexity index is 1190.